The molecule has 1 aromatic carbocycles. The molecule has 3 fully saturated rings. The van der Waals surface area contributed by atoms with E-state index in [4.69, 9.17) is 20.2 Å². The highest BCUT2D eigenvalue weighted by Gasteiger charge is 2.52. The lowest BCUT2D eigenvalue weighted by Crippen LogP contribution is -2.53. The summed E-state index contributed by atoms with van der Waals surface area (Å²) in [6.45, 7) is 11.7. The maximum Gasteiger partial charge on any atom is 0.251 e. The van der Waals surface area contributed by atoms with E-state index >= 15 is 0 Å². The summed E-state index contributed by atoms with van der Waals surface area (Å²) in [7, 11) is 1.73. The van der Waals surface area contributed by atoms with Crippen LogP contribution in [0.2, 0.25) is 0 Å². The molecule has 2 amide bonds. The average molecular weight is 599 g/mol. The number of Topliss-reactive ketones (excluding diaryl/α,β-unsaturated/α-hetero) is 1. The van der Waals surface area contributed by atoms with Crippen molar-refractivity contribution in [2.45, 2.75) is 51.4 Å². The van der Waals surface area contributed by atoms with Crippen LogP contribution < -0.4 is 16.0 Å². The molecular weight excluding hydrogens is 556 g/mol. The Bertz CT molecular complexity index is 1270. The number of piperazine rings is 1. The Morgan fingerprint density at radius 2 is 1.90 bits per heavy atom. The fourth-order valence-electron chi connectivity index (χ4n) is 5.89. The fraction of sp³-hybridized carbons (Fsp3) is 0.600. The summed E-state index contributed by atoms with van der Waals surface area (Å²) >= 11 is 1.62. The highest BCUT2D eigenvalue weighted by Crippen LogP contribution is 2.30. The van der Waals surface area contributed by atoms with Gasteiger partial charge in [0.25, 0.3) is 5.91 Å². The van der Waals surface area contributed by atoms with E-state index in [-0.39, 0.29) is 36.2 Å². The van der Waals surface area contributed by atoms with E-state index in [1.807, 2.05) is 38.3 Å². The zero-order valence-corrected chi connectivity index (χ0v) is 25.7. The summed E-state index contributed by atoms with van der Waals surface area (Å²) in [5.74, 6) is -0.790. The number of methoxy groups -OCH3 is 1. The zero-order chi connectivity index (χ0) is 30.0. The number of nitrogens with zero attached hydrogens (tertiary/aromatic N) is 4. The van der Waals surface area contributed by atoms with E-state index in [2.05, 4.69) is 15.1 Å². The number of hydrogen-bond acceptors (Lipinski definition) is 10. The lowest BCUT2D eigenvalue weighted by molar-refractivity contribution is -0.138. The molecule has 0 radical (unpaired) electrons. The number of nitrogens with one attached hydrogen (secondary N) is 1. The molecule has 1 unspecified atom stereocenters. The molecule has 0 aliphatic carbocycles. The molecule has 1 aromatic heterocycles. The standard InChI is InChI=1S/C30H42N6O5S/c1-30(2,3)15-22(28(39)36-16-21(31)26-25(36)24(37)17-41-26)32-27(38)20-7-5-19(6-8-20)23-18-42-29(33-23)35-11-9-34(10-12-35)13-14-40-4/h5-8,18,21-22,25-26H,9-17,31H2,1-4H3,(H,32,38)/t21-,22?,25-,26-/m1/s1. The molecule has 228 valence electrons. The fourth-order valence-corrected chi connectivity index (χ4v) is 6.78. The van der Waals surface area contributed by atoms with Crippen molar-refractivity contribution in [3.05, 3.63) is 35.2 Å². The maximum absolute atomic E-state index is 13.7. The average Bonchev–Trinajstić information content (AvgIpc) is 3.69. The Balaban J connectivity index is 1.23. The number of ketones is 1. The molecule has 3 saturated heterocycles. The maximum atomic E-state index is 13.7. The number of nitrogens with two attached hydrogens (primary N) is 1. The molecule has 0 bridgehead atoms. The molecule has 3 aliphatic heterocycles. The first kappa shape index (κ1) is 30.6. The molecule has 5 rings (SSSR count). The lowest BCUT2D eigenvalue weighted by atomic mass is 9.87. The Kier molecular flexibility index (Phi) is 9.28. The molecule has 3 aliphatic rings. The third kappa shape index (κ3) is 6.84. The highest BCUT2D eigenvalue weighted by molar-refractivity contribution is 7.14. The van der Waals surface area contributed by atoms with Crippen LogP contribution in [0.3, 0.4) is 0 Å². The predicted molar refractivity (Wildman–Crippen MR) is 162 cm³/mol. The predicted octanol–water partition coefficient (Wildman–Crippen LogP) is 1.62. The minimum atomic E-state index is -0.799. The molecule has 2 aromatic rings. The van der Waals surface area contributed by atoms with Gasteiger partial charge in [0, 0.05) is 62.9 Å². The first-order valence-corrected chi connectivity index (χ1v) is 15.5. The number of benzene rings is 1. The lowest BCUT2D eigenvalue weighted by Gasteiger charge is -2.34. The van der Waals surface area contributed by atoms with Gasteiger partial charge in [-0.3, -0.25) is 19.3 Å². The summed E-state index contributed by atoms with van der Waals surface area (Å²) in [5.41, 5.74) is 8.18. The van der Waals surface area contributed by atoms with Crippen molar-refractivity contribution >= 4 is 34.1 Å². The van der Waals surface area contributed by atoms with Gasteiger partial charge in [0.2, 0.25) is 5.91 Å². The third-order valence-electron chi connectivity index (χ3n) is 8.12. The summed E-state index contributed by atoms with van der Waals surface area (Å²) in [5, 5.41) is 5.98. The molecule has 4 heterocycles. The number of aromatic nitrogens is 1. The number of likely N-dealkylation sites (tertiary alicyclic amines) is 1. The van der Waals surface area contributed by atoms with Crippen LogP contribution in [-0.2, 0) is 19.1 Å². The monoisotopic (exact) mass is 598 g/mol. The van der Waals surface area contributed by atoms with Crippen molar-refractivity contribution in [1.29, 1.82) is 0 Å². The topological polar surface area (TPSA) is 130 Å². The first-order valence-electron chi connectivity index (χ1n) is 14.6. The minimum Gasteiger partial charge on any atom is -0.383 e. The van der Waals surface area contributed by atoms with Gasteiger partial charge in [-0.05, 0) is 24.0 Å². The van der Waals surface area contributed by atoms with E-state index in [0.29, 0.717) is 12.0 Å². The SMILES string of the molecule is COCCN1CCN(c2nc(-c3ccc(C(=O)NC(CC(C)(C)C)C(=O)N4C[C@@H](N)[C@H]5OCC(=O)[C@H]54)cc3)cs2)CC1. The quantitative estimate of drug-likeness (QED) is 0.442. The molecule has 12 heteroatoms. The van der Waals surface area contributed by atoms with Gasteiger partial charge < -0.3 is 30.3 Å². The van der Waals surface area contributed by atoms with Crippen molar-refractivity contribution in [3.8, 4) is 11.3 Å². The van der Waals surface area contributed by atoms with Crippen molar-refractivity contribution in [1.82, 2.24) is 20.1 Å². The number of hydrogen-bond donors (Lipinski definition) is 2. The zero-order valence-electron chi connectivity index (χ0n) is 24.9. The molecular formula is C30H42N6O5S. The van der Waals surface area contributed by atoms with Gasteiger partial charge in [-0.1, -0.05) is 32.9 Å². The van der Waals surface area contributed by atoms with E-state index in [9.17, 15) is 14.4 Å². The number of thiazole rings is 1. The van der Waals surface area contributed by atoms with Crippen LogP contribution in [0.15, 0.2) is 29.6 Å². The van der Waals surface area contributed by atoms with Crippen molar-refractivity contribution in [2.24, 2.45) is 11.1 Å². The molecule has 3 N–H and O–H groups in total. The van der Waals surface area contributed by atoms with Gasteiger partial charge >= 0.3 is 0 Å². The number of carbonyl (C=O) groups is 3. The van der Waals surface area contributed by atoms with Gasteiger partial charge in [0.1, 0.15) is 24.8 Å². The number of amides is 2. The molecule has 0 saturated carbocycles. The van der Waals surface area contributed by atoms with E-state index in [1.54, 1.807) is 30.6 Å². The summed E-state index contributed by atoms with van der Waals surface area (Å²) in [6.07, 6.45) is -0.0764. The smallest absolute Gasteiger partial charge is 0.251 e. The summed E-state index contributed by atoms with van der Waals surface area (Å²) < 4.78 is 10.7. The minimum absolute atomic E-state index is 0.0402. The number of fused-ring (bicyclic) bond motifs is 1. The number of anilines is 1. The van der Waals surface area contributed by atoms with Crippen molar-refractivity contribution in [2.75, 3.05) is 64.5 Å². The summed E-state index contributed by atoms with van der Waals surface area (Å²) in [4.78, 5) is 50.6. The van der Waals surface area contributed by atoms with Crippen LogP contribution in [0.4, 0.5) is 5.13 Å². The van der Waals surface area contributed by atoms with Crippen LogP contribution in [0, 0.1) is 5.41 Å². The molecule has 0 spiro atoms. The molecule has 11 nitrogen and oxygen atoms in total. The largest absolute Gasteiger partial charge is 0.383 e. The number of rotatable bonds is 9. The van der Waals surface area contributed by atoms with Crippen molar-refractivity contribution in [3.63, 3.8) is 0 Å². The second-order valence-corrected chi connectivity index (χ2v) is 13.4. The van der Waals surface area contributed by atoms with Crippen LogP contribution in [0.5, 0.6) is 0 Å². The molecule has 42 heavy (non-hydrogen) atoms. The van der Waals surface area contributed by atoms with Gasteiger partial charge in [-0.2, -0.15) is 0 Å². The Labute approximate surface area is 251 Å². The Hall–Kier alpha value is -2.90. The van der Waals surface area contributed by atoms with E-state index in [1.165, 1.54) is 4.90 Å². The van der Waals surface area contributed by atoms with Crippen LogP contribution in [-0.4, -0.2) is 116 Å². The normalized spacial score (nSPS) is 23.7. The van der Waals surface area contributed by atoms with Crippen LogP contribution >= 0.6 is 11.3 Å². The van der Waals surface area contributed by atoms with E-state index < -0.39 is 24.2 Å². The Morgan fingerprint density at radius 1 is 1.19 bits per heavy atom. The van der Waals surface area contributed by atoms with Crippen LogP contribution in [0.1, 0.15) is 37.6 Å². The van der Waals surface area contributed by atoms with Gasteiger partial charge in [-0.15, -0.1) is 11.3 Å². The second kappa shape index (κ2) is 12.8. The molecule has 4 atom stereocenters. The van der Waals surface area contributed by atoms with Gasteiger partial charge in [0.15, 0.2) is 10.9 Å². The number of ether oxygens (including phenoxy) is 2. The van der Waals surface area contributed by atoms with Gasteiger partial charge in [0.05, 0.1) is 18.3 Å². The third-order valence-corrected chi connectivity index (χ3v) is 9.02. The van der Waals surface area contributed by atoms with Crippen molar-refractivity contribution < 1.29 is 23.9 Å². The summed E-state index contributed by atoms with van der Waals surface area (Å²) in [6, 6.07) is 5.37. The van der Waals surface area contributed by atoms with Gasteiger partial charge in [-0.25, -0.2) is 4.98 Å². The van der Waals surface area contributed by atoms with E-state index in [0.717, 1.165) is 55.7 Å². The first-order chi connectivity index (χ1) is 20.0. The van der Waals surface area contributed by atoms with Crippen LogP contribution in [0.25, 0.3) is 11.3 Å². The highest BCUT2D eigenvalue weighted by atomic mass is 32.1. The second-order valence-electron chi connectivity index (χ2n) is 12.5. The number of carbonyl (C=O) groups excluding carboxylic acids is 3. The Morgan fingerprint density at radius 3 is 2.57 bits per heavy atom.